The lowest BCUT2D eigenvalue weighted by Crippen LogP contribution is -2.49. The molecule has 34 heavy (non-hydrogen) atoms. The third-order valence-electron chi connectivity index (χ3n) is 6.25. The van der Waals surface area contributed by atoms with E-state index in [4.69, 9.17) is 4.74 Å². The third-order valence-corrected chi connectivity index (χ3v) is 6.25. The second-order valence-electron chi connectivity index (χ2n) is 9.04. The van der Waals surface area contributed by atoms with Crippen LogP contribution in [-0.4, -0.2) is 58.6 Å². The molecule has 4 rings (SSSR count). The molecule has 0 saturated carbocycles. The first-order valence-electron chi connectivity index (χ1n) is 12.2. The molecule has 0 spiro atoms. The summed E-state index contributed by atoms with van der Waals surface area (Å²) in [5.41, 5.74) is 5.69. The summed E-state index contributed by atoms with van der Waals surface area (Å²) in [5, 5.41) is 0. The Kier molecular flexibility index (Phi) is 8.26. The summed E-state index contributed by atoms with van der Waals surface area (Å²) >= 11 is 0. The Bertz CT molecular complexity index is 1060. The van der Waals surface area contributed by atoms with Crippen LogP contribution in [0, 0.1) is 13.8 Å². The van der Waals surface area contributed by atoms with Gasteiger partial charge in [0.1, 0.15) is 5.75 Å². The monoisotopic (exact) mass is 458 g/mol. The quantitative estimate of drug-likeness (QED) is 0.493. The minimum atomic E-state index is -0.264. The fourth-order valence-corrected chi connectivity index (χ4v) is 4.18. The van der Waals surface area contributed by atoms with Gasteiger partial charge in [-0.2, -0.15) is 0 Å². The van der Waals surface area contributed by atoms with E-state index in [1.54, 1.807) is 4.90 Å². The van der Waals surface area contributed by atoms with E-state index in [1.807, 2.05) is 50.4 Å². The zero-order valence-electron chi connectivity index (χ0n) is 20.2. The molecule has 0 radical (unpaired) electrons. The van der Waals surface area contributed by atoms with Gasteiger partial charge in [-0.1, -0.05) is 24.3 Å². The molecule has 3 heterocycles. The molecule has 2 aromatic heterocycles. The SMILES string of the molecule is Cc1ccc(CCc2ccc(OC(=O)N3CCN(CCCc4cccc(C)n4)CC3)cc2)nc1. The first kappa shape index (κ1) is 23.9. The maximum atomic E-state index is 12.6. The summed E-state index contributed by atoms with van der Waals surface area (Å²) in [4.78, 5) is 25.8. The number of carbonyl (C=O) groups excluding carboxylic acids is 1. The number of pyridine rings is 2. The van der Waals surface area contributed by atoms with Crippen LogP contribution in [0.4, 0.5) is 4.79 Å². The minimum Gasteiger partial charge on any atom is -0.410 e. The van der Waals surface area contributed by atoms with E-state index in [1.165, 1.54) is 11.1 Å². The van der Waals surface area contributed by atoms with Crippen molar-refractivity contribution in [1.82, 2.24) is 19.8 Å². The molecular weight excluding hydrogens is 424 g/mol. The summed E-state index contributed by atoms with van der Waals surface area (Å²) in [5.74, 6) is 0.593. The van der Waals surface area contributed by atoms with Gasteiger partial charge in [-0.15, -0.1) is 0 Å². The van der Waals surface area contributed by atoms with Gasteiger partial charge in [0.15, 0.2) is 0 Å². The molecule has 3 aromatic rings. The van der Waals surface area contributed by atoms with E-state index in [0.29, 0.717) is 18.8 Å². The molecule has 6 heteroatoms. The zero-order chi connectivity index (χ0) is 23.8. The highest BCUT2D eigenvalue weighted by Gasteiger charge is 2.22. The van der Waals surface area contributed by atoms with Crippen LogP contribution in [-0.2, 0) is 19.3 Å². The number of hydrogen-bond donors (Lipinski definition) is 0. The average Bonchev–Trinajstić information content (AvgIpc) is 2.85. The van der Waals surface area contributed by atoms with Crippen molar-refractivity contribution in [2.75, 3.05) is 32.7 Å². The number of hydrogen-bond acceptors (Lipinski definition) is 5. The molecule has 1 fully saturated rings. The van der Waals surface area contributed by atoms with E-state index < -0.39 is 0 Å². The van der Waals surface area contributed by atoms with Crippen molar-refractivity contribution in [3.8, 4) is 5.75 Å². The Hall–Kier alpha value is -3.25. The van der Waals surface area contributed by atoms with Crippen LogP contribution in [0.5, 0.6) is 5.75 Å². The number of aryl methyl sites for hydroxylation is 5. The van der Waals surface area contributed by atoms with Gasteiger partial charge in [-0.25, -0.2) is 4.79 Å². The molecule has 0 aliphatic carbocycles. The van der Waals surface area contributed by atoms with Gasteiger partial charge in [0.25, 0.3) is 0 Å². The normalized spacial score (nSPS) is 14.2. The van der Waals surface area contributed by atoms with Crippen LogP contribution >= 0.6 is 0 Å². The Morgan fingerprint density at radius 2 is 1.68 bits per heavy atom. The summed E-state index contributed by atoms with van der Waals surface area (Å²) in [6.45, 7) is 8.25. The highest BCUT2D eigenvalue weighted by Crippen LogP contribution is 2.16. The Balaban J connectivity index is 1.16. The molecule has 6 nitrogen and oxygen atoms in total. The minimum absolute atomic E-state index is 0.264. The standard InChI is InChI=1S/C28H34N4O2/c1-22-8-12-25(29-21-22)13-9-24-10-14-27(15-11-24)34-28(33)32-19-17-31(18-20-32)16-4-7-26-6-3-5-23(2)30-26/h3,5-6,8,10-12,14-15,21H,4,7,9,13,16-20H2,1-2H3. The van der Waals surface area contributed by atoms with Gasteiger partial charge < -0.3 is 9.64 Å². The second kappa shape index (κ2) is 11.7. The molecule has 0 N–H and O–H groups in total. The molecule has 0 unspecified atom stereocenters. The van der Waals surface area contributed by atoms with E-state index in [0.717, 1.165) is 62.4 Å². The van der Waals surface area contributed by atoms with E-state index in [9.17, 15) is 4.79 Å². The first-order valence-corrected chi connectivity index (χ1v) is 12.2. The van der Waals surface area contributed by atoms with Crippen molar-refractivity contribution < 1.29 is 9.53 Å². The van der Waals surface area contributed by atoms with Crippen molar-refractivity contribution in [3.63, 3.8) is 0 Å². The average molecular weight is 459 g/mol. The second-order valence-corrected chi connectivity index (χ2v) is 9.04. The number of piperazine rings is 1. The van der Waals surface area contributed by atoms with Crippen LogP contribution in [0.25, 0.3) is 0 Å². The predicted molar refractivity (Wildman–Crippen MR) is 134 cm³/mol. The van der Waals surface area contributed by atoms with Crippen molar-refractivity contribution in [2.24, 2.45) is 0 Å². The molecule has 0 bridgehead atoms. The van der Waals surface area contributed by atoms with Crippen molar-refractivity contribution in [3.05, 3.63) is 89.0 Å². The Morgan fingerprint density at radius 1 is 0.882 bits per heavy atom. The Morgan fingerprint density at radius 3 is 2.38 bits per heavy atom. The van der Waals surface area contributed by atoms with Crippen LogP contribution < -0.4 is 4.74 Å². The number of ether oxygens (including phenoxy) is 1. The van der Waals surface area contributed by atoms with Crippen LogP contribution in [0.15, 0.2) is 60.8 Å². The van der Waals surface area contributed by atoms with Gasteiger partial charge in [-0.3, -0.25) is 14.9 Å². The van der Waals surface area contributed by atoms with Crippen molar-refractivity contribution >= 4 is 6.09 Å². The molecule has 1 aliphatic rings. The van der Waals surface area contributed by atoms with Crippen molar-refractivity contribution in [1.29, 1.82) is 0 Å². The van der Waals surface area contributed by atoms with Crippen molar-refractivity contribution in [2.45, 2.75) is 39.5 Å². The first-order chi connectivity index (χ1) is 16.5. The summed E-state index contributed by atoms with van der Waals surface area (Å²) in [6.07, 6.45) is 5.51. The Labute approximate surface area is 202 Å². The number of benzene rings is 1. The number of nitrogens with zero attached hydrogens (tertiary/aromatic N) is 4. The molecular formula is C28H34N4O2. The number of aromatic nitrogens is 2. The van der Waals surface area contributed by atoms with E-state index in [-0.39, 0.29) is 6.09 Å². The molecule has 178 valence electrons. The highest BCUT2D eigenvalue weighted by atomic mass is 16.6. The number of carbonyl (C=O) groups is 1. The third kappa shape index (κ3) is 7.12. The maximum Gasteiger partial charge on any atom is 0.415 e. The molecule has 0 atom stereocenters. The molecule has 1 aliphatic heterocycles. The fourth-order valence-electron chi connectivity index (χ4n) is 4.18. The van der Waals surface area contributed by atoms with Gasteiger partial charge >= 0.3 is 6.09 Å². The van der Waals surface area contributed by atoms with Crippen LogP contribution in [0.3, 0.4) is 0 Å². The molecule has 1 amide bonds. The summed E-state index contributed by atoms with van der Waals surface area (Å²) in [7, 11) is 0. The zero-order valence-corrected chi connectivity index (χ0v) is 20.2. The topological polar surface area (TPSA) is 58.6 Å². The molecule has 1 aromatic carbocycles. The fraction of sp³-hybridized carbons (Fsp3) is 0.393. The van der Waals surface area contributed by atoms with Gasteiger partial charge in [-0.05, 0) is 87.5 Å². The lowest BCUT2D eigenvalue weighted by molar-refractivity contribution is 0.110. The maximum absolute atomic E-state index is 12.6. The lowest BCUT2D eigenvalue weighted by Gasteiger charge is -2.34. The number of rotatable bonds is 8. The van der Waals surface area contributed by atoms with Gasteiger partial charge in [0, 0.05) is 49.5 Å². The molecule has 1 saturated heterocycles. The summed E-state index contributed by atoms with van der Waals surface area (Å²) < 4.78 is 5.62. The largest absolute Gasteiger partial charge is 0.415 e. The van der Waals surface area contributed by atoms with E-state index in [2.05, 4.69) is 39.1 Å². The lowest BCUT2D eigenvalue weighted by atomic mass is 10.1. The van der Waals surface area contributed by atoms with Crippen LogP contribution in [0.1, 0.15) is 34.6 Å². The number of amides is 1. The van der Waals surface area contributed by atoms with E-state index >= 15 is 0 Å². The van der Waals surface area contributed by atoms with Gasteiger partial charge in [0.2, 0.25) is 0 Å². The van der Waals surface area contributed by atoms with Gasteiger partial charge in [0.05, 0.1) is 0 Å². The predicted octanol–water partition coefficient (Wildman–Crippen LogP) is 4.63. The highest BCUT2D eigenvalue weighted by molar-refractivity contribution is 5.70. The summed E-state index contributed by atoms with van der Waals surface area (Å²) in [6, 6.07) is 18.2. The van der Waals surface area contributed by atoms with Crippen LogP contribution in [0.2, 0.25) is 0 Å². The smallest absolute Gasteiger partial charge is 0.410 e.